The maximum absolute atomic E-state index is 8.96. The zero-order chi connectivity index (χ0) is 11.6. The van der Waals surface area contributed by atoms with E-state index in [1.165, 1.54) is 5.56 Å². The highest BCUT2D eigenvalue weighted by molar-refractivity contribution is 5.54. The molecule has 1 aliphatic heterocycles. The number of rotatable bonds is 2. The minimum absolute atomic E-state index is 0.538. The maximum Gasteiger partial charge on any atom is 0.122 e. The number of anilines is 1. The van der Waals surface area contributed by atoms with Crippen LogP contribution in [0.4, 0.5) is 5.69 Å². The van der Waals surface area contributed by atoms with Crippen LogP contribution in [0, 0.1) is 11.3 Å². The van der Waals surface area contributed by atoms with Gasteiger partial charge in [0.05, 0.1) is 12.7 Å². The number of hydrogen-bond donors (Lipinski definition) is 1. The highest BCUT2D eigenvalue weighted by atomic mass is 16.5. The Balaban J connectivity index is 2.21. The molecule has 0 fully saturated rings. The summed E-state index contributed by atoms with van der Waals surface area (Å²) in [5.41, 5.74) is 1.67. The molecule has 1 N–H and O–H groups in total. The molecule has 0 unspecified atom stereocenters. The summed E-state index contributed by atoms with van der Waals surface area (Å²) in [5, 5.41) is 12.2. The molecule has 0 radical (unpaired) electrons. The van der Waals surface area contributed by atoms with Gasteiger partial charge in [-0.2, -0.15) is 5.26 Å². The molecule has 1 aromatic carbocycles. The predicted octanol–water partition coefficient (Wildman–Crippen LogP) is 2.73. The summed E-state index contributed by atoms with van der Waals surface area (Å²) in [6.07, 6.45) is 2.12. The fraction of sp³-hybridized carbons (Fsp3) is 0.462. The number of nitrogens with zero attached hydrogens (tertiary/aromatic N) is 1. The van der Waals surface area contributed by atoms with E-state index in [1.54, 1.807) is 0 Å². The predicted molar refractivity (Wildman–Crippen MR) is 63.6 cm³/mol. The lowest BCUT2D eigenvalue weighted by molar-refractivity contribution is 0.288. The third-order valence-corrected chi connectivity index (χ3v) is 2.64. The molecule has 0 spiro atoms. The Morgan fingerprint density at radius 2 is 2.25 bits per heavy atom. The van der Waals surface area contributed by atoms with E-state index < -0.39 is 5.54 Å². The quantitative estimate of drug-likeness (QED) is 0.826. The molecule has 16 heavy (non-hydrogen) atoms. The molecule has 0 amide bonds. The topological polar surface area (TPSA) is 45.0 Å². The molecule has 3 nitrogen and oxygen atoms in total. The van der Waals surface area contributed by atoms with E-state index in [0.29, 0.717) is 0 Å². The van der Waals surface area contributed by atoms with Gasteiger partial charge in [-0.1, -0.05) is 0 Å². The van der Waals surface area contributed by atoms with Crippen LogP contribution in [0.5, 0.6) is 5.75 Å². The van der Waals surface area contributed by atoms with Crippen molar-refractivity contribution < 1.29 is 4.74 Å². The van der Waals surface area contributed by atoms with Gasteiger partial charge in [-0.3, -0.25) is 0 Å². The first kappa shape index (κ1) is 10.8. The molecule has 3 heteroatoms. The largest absolute Gasteiger partial charge is 0.493 e. The molecule has 0 aliphatic carbocycles. The van der Waals surface area contributed by atoms with Crippen molar-refractivity contribution in [3.8, 4) is 11.8 Å². The first-order valence-corrected chi connectivity index (χ1v) is 5.56. The Labute approximate surface area is 96.0 Å². The Kier molecular flexibility index (Phi) is 2.74. The summed E-state index contributed by atoms with van der Waals surface area (Å²) >= 11 is 0. The van der Waals surface area contributed by atoms with Gasteiger partial charge in [0.1, 0.15) is 11.3 Å². The number of aryl methyl sites for hydroxylation is 1. The molecule has 1 heterocycles. The Morgan fingerprint density at radius 1 is 1.44 bits per heavy atom. The summed E-state index contributed by atoms with van der Waals surface area (Å²) in [6.45, 7) is 4.54. The molecule has 2 rings (SSSR count). The highest BCUT2D eigenvalue weighted by Crippen LogP contribution is 2.28. The van der Waals surface area contributed by atoms with Crippen molar-refractivity contribution in [3.63, 3.8) is 0 Å². The van der Waals surface area contributed by atoms with Crippen LogP contribution in [-0.4, -0.2) is 12.1 Å². The SMILES string of the molecule is CC(C)(C#N)Nc1ccc2c(c1)CCCO2. The second-order valence-corrected chi connectivity index (χ2v) is 4.64. The summed E-state index contributed by atoms with van der Waals surface area (Å²) in [7, 11) is 0. The molecule has 0 saturated carbocycles. The molecule has 1 aromatic rings. The van der Waals surface area contributed by atoms with Crippen LogP contribution in [-0.2, 0) is 6.42 Å². The number of fused-ring (bicyclic) bond motifs is 1. The smallest absolute Gasteiger partial charge is 0.122 e. The molecular weight excluding hydrogens is 200 g/mol. The van der Waals surface area contributed by atoms with Gasteiger partial charge in [0.2, 0.25) is 0 Å². The number of nitriles is 1. The molecular formula is C13H16N2O. The van der Waals surface area contributed by atoms with Crippen molar-refractivity contribution in [2.75, 3.05) is 11.9 Å². The monoisotopic (exact) mass is 216 g/mol. The van der Waals surface area contributed by atoms with Crippen LogP contribution >= 0.6 is 0 Å². The minimum atomic E-state index is -0.538. The average Bonchev–Trinajstić information content (AvgIpc) is 2.28. The lowest BCUT2D eigenvalue weighted by Crippen LogP contribution is -2.28. The fourth-order valence-corrected chi connectivity index (χ4v) is 1.83. The van der Waals surface area contributed by atoms with Crippen molar-refractivity contribution in [2.45, 2.75) is 32.2 Å². The van der Waals surface area contributed by atoms with E-state index in [4.69, 9.17) is 10.00 Å². The second kappa shape index (κ2) is 4.05. The number of ether oxygens (including phenoxy) is 1. The average molecular weight is 216 g/mol. The first-order chi connectivity index (χ1) is 7.61. The van der Waals surface area contributed by atoms with Crippen molar-refractivity contribution >= 4 is 5.69 Å². The van der Waals surface area contributed by atoms with Crippen LogP contribution < -0.4 is 10.1 Å². The van der Waals surface area contributed by atoms with Gasteiger partial charge in [-0.05, 0) is 50.5 Å². The van der Waals surface area contributed by atoms with E-state index in [0.717, 1.165) is 30.9 Å². The minimum Gasteiger partial charge on any atom is -0.493 e. The fourth-order valence-electron chi connectivity index (χ4n) is 1.83. The number of benzene rings is 1. The molecule has 0 saturated heterocycles. The summed E-state index contributed by atoms with van der Waals surface area (Å²) in [6, 6.07) is 8.24. The molecule has 84 valence electrons. The van der Waals surface area contributed by atoms with Crippen LogP contribution in [0.25, 0.3) is 0 Å². The molecule has 0 bridgehead atoms. The van der Waals surface area contributed by atoms with E-state index in [1.807, 2.05) is 26.0 Å². The first-order valence-electron chi connectivity index (χ1n) is 5.56. The normalized spacial score (nSPS) is 14.6. The lowest BCUT2D eigenvalue weighted by Gasteiger charge is -2.22. The van der Waals surface area contributed by atoms with Crippen molar-refractivity contribution in [1.29, 1.82) is 5.26 Å². The van der Waals surface area contributed by atoms with Crippen molar-refractivity contribution in [1.82, 2.24) is 0 Å². The third-order valence-electron chi connectivity index (χ3n) is 2.64. The second-order valence-electron chi connectivity index (χ2n) is 4.64. The van der Waals surface area contributed by atoms with Gasteiger partial charge in [-0.15, -0.1) is 0 Å². The molecule has 0 atom stereocenters. The van der Waals surface area contributed by atoms with E-state index in [-0.39, 0.29) is 0 Å². The standard InChI is InChI=1S/C13H16N2O/c1-13(2,9-14)15-11-5-6-12-10(8-11)4-3-7-16-12/h5-6,8,15H,3-4,7H2,1-2H3. The van der Waals surface area contributed by atoms with Crippen molar-refractivity contribution in [2.24, 2.45) is 0 Å². The van der Waals surface area contributed by atoms with Gasteiger partial charge in [0, 0.05) is 5.69 Å². The highest BCUT2D eigenvalue weighted by Gasteiger charge is 2.17. The van der Waals surface area contributed by atoms with Crippen LogP contribution in [0.15, 0.2) is 18.2 Å². The van der Waals surface area contributed by atoms with E-state index in [9.17, 15) is 0 Å². The maximum atomic E-state index is 8.96. The van der Waals surface area contributed by atoms with Gasteiger partial charge in [0.25, 0.3) is 0 Å². The Hall–Kier alpha value is -1.69. The summed E-state index contributed by atoms with van der Waals surface area (Å²) in [4.78, 5) is 0. The van der Waals surface area contributed by atoms with Crippen molar-refractivity contribution in [3.05, 3.63) is 23.8 Å². The Bertz CT molecular complexity index is 432. The van der Waals surface area contributed by atoms with Gasteiger partial charge < -0.3 is 10.1 Å². The van der Waals surface area contributed by atoms with Crippen LogP contribution in [0.3, 0.4) is 0 Å². The van der Waals surface area contributed by atoms with E-state index >= 15 is 0 Å². The number of hydrogen-bond acceptors (Lipinski definition) is 3. The van der Waals surface area contributed by atoms with Gasteiger partial charge in [0.15, 0.2) is 0 Å². The van der Waals surface area contributed by atoms with Crippen LogP contribution in [0.1, 0.15) is 25.8 Å². The Morgan fingerprint density at radius 3 is 3.00 bits per heavy atom. The lowest BCUT2D eigenvalue weighted by atomic mass is 10.0. The molecule has 0 aromatic heterocycles. The van der Waals surface area contributed by atoms with Crippen LogP contribution in [0.2, 0.25) is 0 Å². The number of nitrogens with one attached hydrogen (secondary N) is 1. The summed E-state index contributed by atoms with van der Waals surface area (Å²) < 4.78 is 5.54. The third kappa shape index (κ3) is 2.27. The zero-order valence-electron chi connectivity index (χ0n) is 9.71. The zero-order valence-corrected chi connectivity index (χ0v) is 9.71. The van der Waals surface area contributed by atoms with Gasteiger partial charge >= 0.3 is 0 Å². The summed E-state index contributed by atoms with van der Waals surface area (Å²) in [5.74, 6) is 0.978. The van der Waals surface area contributed by atoms with E-state index in [2.05, 4.69) is 17.5 Å². The molecule has 1 aliphatic rings. The van der Waals surface area contributed by atoms with Gasteiger partial charge in [-0.25, -0.2) is 0 Å².